The highest BCUT2D eigenvalue weighted by Crippen LogP contribution is 2.26. The van der Waals surface area contributed by atoms with E-state index in [1.165, 1.54) is 4.90 Å². The number of aromatic amines is 1. The fourth-order valence-electron chi connectivity index (χ4n) is 2.94. The third-order valence-corrected chi connectivity index (χ3v) is 4.21. The van der Waals surface area contributed by atoms with Crippen LogP contribution in [0, 0.1) is 0 Å². The summed E-state index contributed by atoms with van der Waals surface area (Å²) in [5.74, 6) is -0.211. The van der Waals surface area contributed by atoms with Gasteiger partial charge >= 0.3 is 6.03 Å². The van der Waals surface area contributed by atoms with Crippen molar-refractivity contribution in [1.29, 1.82) is 0 Å². The summed E-state index contributed by atoms with van der Waals surface area (Å²) < 4.78 is 0. The van der Waals surface area contributed by atoms with Crippen LogP contribution in [0.4, 0.5) is 10.5 Å². The number of aromatic nitrogens is 2. The minimum atomic E-state index is -0.287. The summed E-state index contributed by atoms with van der Waals surface area (Å²) in [5.41, 5.74) is 3.51. The molecule has 2 heterocycles. The first-order valence-electron chi connectivity index (χ1n) is 7.97. The Hall–Kier alpha value is -3.41. The van der Waals surface area contributed by atoms with Gasteiger partial charge in [0, 0.05) is 18.3 Å². The molecule has 0 aliphatic carbocycles. The Balaban J connectivity index is 1.54. The molecule has 0 radical (unpaired) electrons. The number of nitrogens with one attached hydrogen (secondary N) is 1. The molecule has 0 spiro atoms. The minimum Gasteiger partial charge on any atom is -0.310 e. The van der Waals surface area contributed by atoms with Crippen molar-refractivity contribution in [3.63, 3.8) is 0 Å². The van der Waals surface area contributed by atoms with Crippen molar-refractivity contribution < 1.29 is 9.59 Å². The summed E-state index contributed by atoms with van der Waals surface area (Å²) in [4.78, 5) is 27.8. The lowest BCUT2D eigenvalue weighted by atomic mass is 10.1. The molecule has 1 N–H and O–H groups in total. The SMILES string of the molecule is O=C1CN(Cc2ccccc2)C(=O)N1c1ccc(-c2cn[nH]c2)cc1. The molecule has 1 saturated heterocycles. The minimum absolute atomic E-state index is 0.0945. The number of rotatable bonds is 4. The molecule has 3 amide bonds. The van der Waals surface area contributed by atoms with Gasteiger partial charge in [0.1, 0.15) is 6.54 Å². The predicted octanol–water partition coefficient (Wildman–Crippen LogP) is 3.05. The first-order chi connectivity index (χ1) is 12.2. The molecule has 124 valence electrons. The number of hydrogen-bond donors (Lipinski definition) is 1. The van der Waals surface area contributed by atoms with Gasteiger partial charge in [-0.15, -0.1) is 0 Å². The molecule has 0 unspecified atom stereocenters. The summed E-state index contributed by atoms with van der Waals surface area (Å²) in [6.45, 7) is 0.520. The van der Waals surface area contributed by atoms with E-state index in [-0.39, 0.29) is 18.5 Å². The molecule has 6 heteroatoms. The van der Waals surface area contributed by atoms with Gasteiger partial charge < -0.3 is 4.90 Å². The fourth-order valence-corrected chi connectivity index (χ4v) is 2.94. The van der Waals surface area contributed by atoms with Gasteiger partial charge in [-0.1, -0.05) is 42.5 Å². The van der Waals surface area contributed by atoms with Crippen LogP contribution in [0.3, 0.4) is 0 Å². The quantitative estimate of drug-likeness (QED) is 0.747. The van der Waals surface area contributed by atoms with E-state index in [2.05, 4.69) is 10.2 Å². The Morgan fingerprint density at radius 2 is 1.72 bits per heavy atom. The number of carbonyl (C=O) groups excluding carboxylic acids is 2. The molecule has 1 fully saturated rings. The van der Waals surface area contributed by atoms with Crippen molar-refractivity contribution in [2.75, 3.05) is 11.4 Å². The van der Waals surface area contributed by atoms with Gasteiger partial charge in [-0.2, -0.15) is 5.10 Å². The number of hydrogen-bond acceptors (Lipinski definition) is 3. The van der Waals surface area contributed by atoms with Crippen molar-refractivity contribution in [3.05, 3.63) is 72.6 Å². The summed E-state index contributed by atoms with van der Waals surface area (Å²) >= 11 is 0. The molecule has 4 rings (SSSR count). The van der Waals surface area contributed by atoms with Crippen LogP contribution in [-0.2, 0) is 11.3 Å². The maximum Gasteiger partial charge on any atom is 0.332 e. The predicted molar refractivity (Wildman–Crippen MR) is 93.8 cm³/mol. The molecule has 2 aromatic carbocycles. The Labute approximate surface area is 144 Å². The van der Waals surface area contributed by atoms with Crippen LogP contribution in [-0.4, -0.2) is 33.6 Å². The van der Waals surface area contributed by atoms with E-state index in [0.29, 0.717) is 12.2 Å². The molecular formula is C19H16N4O2. The second kappa shape index (κ2) is 6.24. The molecule has 3 aromatic rings. The number of imide groups is 1. The van der Waals surface area contributed by atoms with E-state index >= 15 is 0 Å². The third-order valence-electron chi connectivity index (χ3n) is 4.21. The molecule has 0 atom stereocenters. The van der Waals surface area contributed by atoms with Crippen LogP contribution in [0.25, 0.3) is 11.1 Å². The number of nitrogens with zero attached hydrogens (tertiary/aromatic N) is 3. The Morgan fingerprint density at radius 3 is 2.40 bits per heavy atom. The average molecular weight is 332 g/mol. The van der Waals surface area contributed by atoms with Gasteiger partial charge in [0.2, 0.25) is 0 Å². The normalized spacial score (nSPS) is 14.4. The van der Waals surface area contributed by atoms with Crippen LogP contribution in [0.1, 0.15) is 5.56 Å². The number of urea groups is 1. The van der Waals surface area contributed by atoms with Crippen molar-refractivity contribution >= 4 is 17.6 Å². The van der Waals surface area contributed by atoms with Gasteiger partial charge in [0.25, 0.3) is 5.91 Å². The zero-order valence-electron chi connectivity index (χ0n) is 13.4. The van der Waals surface area contributed by atoms with Crippen molar-refractivity contribution in [3.8, 4) is 11.1 Å². The van der Waals surface area contributed by atoms with Gasteiger partial charge in [-0.25, -0.2) is 9.69 Å². The molecular weight excluding hydrogens is 316 g/mol. The summed E-state index contributed by atoms with van der Waals surface area (Å²) in [7, 11) is 0. The highest BCUT2D eigenvalue weighted by Gasteiger charge is 2.36. The zero-order chi connectivity index (χ0) is 17.2. The fraction of sp³-hybridized carbons (Fsp3) is 0.105. The number of amides is 3. The molecule has 0 bridgehead atoms. The Bertz CT molecular complexity index is 889. The van der Waals surface area contributed by atoms with Crippen LogP contribution >= 0.6 is 0 Å². The Morgan fingerprint density at radius 1 is 0.960 bits per heavy atom. The molecule has 1 aliphatic rings. The Kier molecular flexibility index (Phi) is 3.78. The van der Waals surface area contributed by atoms with E-state index < -0.39 is 0 Å². The lowest BCUT2D eigenvalue weighted by Crippen LogP contribution is -2.32. The number of benzene rings is 2. The lowest BCUT2D eigenvalue weighted by molar-refractivity contribution is -0.116. The van der Waals surface area contributed by atoms with Gasteiger partial charge in [0.15, 0.2) is 0 Å². The van der Waals surface area contributed by atoms with E-state index in [1.807, 2.05) is 42.5 Å². The van der Waals surface area contributed by atoms with E-state index in [4.69, 9.17) is 0 Å². The second-order valence-electron chi connectivity index (χ2n) is 5.89. The topological polar surface area (TPSA) is 69.3 Å². The molecule has 6 nitrogen and oxygen atoms in total. The van der Waals surface area contributed by atoms with Crippen molar-refractivity contribution in [2.24, 2.45) is 0 Å². The van der Waals surface area contributed by atoms with Gasteiger partial charge in [0.05, 0.1) is 11.9 Å². The van der Waals surface area contributed by atoms with Crippen LogP contribution in [0.2, 0.25) is 0 Å². The number of H-pyrrole nitrogens is 1. The maximum atomic E-state index is 12.7. The summed E-state index contributed by atoms with van der Waals surface area (Å²) in [6.07, 6.45) is 3.52. The molecule has 1 aromatic heterocycles. The van der Waals surface area contributed by atoms with Gasteiger partial charge in [-0.3, -0.25) is 9.89 Å². The lowest BCUT2D eigenvalue weighted by Gasteiger charge is -2.17. The van der Waals surface area contributed by atoms with Crippen LogP contribution < -0.4 is 4.90 Å². The molecule has 25 heavy (non-hydrogen) atoms. The van der Waals surface area contributed by atoms with Crippen molar-refractivity contribution in [1.82, 2.24) is 15.1 Å². The zero-order valence-corrected chi connectivity index (χ0v) is 13.4. The number of anilines is 1. The van der Waals surface area contributed by atoms with Crippen LogP contribution in [0.15, 0.2) is 67.0 Å². The highest BCUT2D eigenvalue weighted by atomic mass is 16.2. The first kappa shape index (κ1) is 15.1. The standard InChI is InChI=1S/C19H16N4O2/c24-18-13-22(12-14-4-2-1-3-5-14)19(25)23(18)17-8-6-15(7-9-17)16-10-20-21-11-16/h1-11H,12-13H2,(H,20,21). The van der Waals surface area contributed by atoms with Crippen molar-refractivity contribution in [2.45, 2.75) is 6.54 Å². The van der Waals surface area contributed by atoms with E-state index in [1.54, 1.807) is 29.4 Å². The van der Waals surface area contributed by atoms with Gasteiger partial charge in [-0.05, 0) is 23.3 Å². The largest absolute Gasteiger partial charge is 0.332 e. The monoisotopic (exact) mass is 332 g/mol. The smallest absolute Gasteiger partial charge is 0.310 e. The molecule has 1 aliphatic heterocycles. The van der Waals surface area contributed by atoms with E-state index in [9.17, 15) is 9.59 Å². The number of carbonyl (C=O) groups is 2. The highest BCUT2D eigenvalue weighted by molar-refractivity contribution is 6.19. The maximum absolute atomic E-state index is 12.7. The summed E-state index contributed by atoms with van der Waals surface area (Å²) in [5, 5.41) is 6.69. The average Bonchev–Trinajstić information content (AvgIpc) is 3.25. The summed E-state index contributed by atoms with van der Waals surface area (Å²) in [6, 6.07) is 16.7. The second-order valence-corrected chi connectivity index (χ2v) is 5.89. The van der Waals surface area contributed by atoms with Crippen LogP contribution in [0.5, 0.6) is 0 Å². The van der Waals surface area contributed by atoms with E-state index in [0.717, 1.165) is 16.7 Å². The first-order valence-corrected chi connectivity index (χ1v) is 7.97. The molecule has 0 saturated carbocycles. The third kappa shape index (κ3) is 2.89.